The number of furan rings is 1. The fourth-order valence-electron chi connectivity index (χ4n) is 7.17. The van der Waals surface area contributed by atoms with Crippen molar-refractivity contribution < 1.29 is 4.42 Å². The first-order valence-electron chi connectivity index (χ1n) is 18.1. The van der Waals surface area contributed by atoms with Gasteiger partial charge in [0.15, 0.2) is 17.5 Å². The first kappa shape index (κ1) is 32.1. The number of benzene rings is 7. The molecule has 0 aliphatic heterocycles. The minimum Gasteiger partial charge on any atom is -0.456 e. The van der Waals surface area contributed by atoms with E-state index < -0.39 is 0 Å². The molecule has 10 rings (SSSR count). The number of fused-ring (bicyclic) bond motifs is 3. The molecule has 0 radical (unpaired) electrons. The molecule has 3 heterocycles. The van der Waals surface area contributed by atoms with E-state index in [1.165, 1.54) is 0 Å². The van der Waals surface area contributed by atoms with Gasteiger partial charge in [0.05, 0.1) is 0 Å². The topological polar surface area (TPSA) is 77.6 Å². The molecule has 10 aromatic rings. The van der Waals surface area contributed by atoms with Crippen molar-refractivity contribution in [1.29, 1.82) is 0 Å². The van der Waals surface area contributed by atoms with Crippen molar-refractivity contribution >= 4 is 21.9 Å². The average molecular weight is 706 g/mol. The minimum atomic E-state index is 0.570. The summed E-state index contributed by atoms with van der Waals surface area (Å²) in [5.74, 6) is 1.77. The van der Waals surface area contributed by atoms with Crippen LogP contribution in [0, 0.1) is 0 Å². The van der Waals surface area contributed by atoms with Crippen molar-refractivity contribution in [2.75, 3.05) is 0 Å². The second-order valence-corrected chi connectivity index (χ2v) is 13.4. The molecule has 6 nitrogen and oxygen atoms in total. The van der Waals surface area contributed by atoms with E-state index in [0.717, 1.165) is 83.1 Å². The lowest BCUT2D eigenvalue weighted by atomic mass is 9.97. The highest BCUT2D eigenvalue weighted by atomic mass is 16.3. The number of hydrogen-bond donors (Lipinski definition) is 0. The van der Waals surface area contributed by atoms with Crippen molar-refractivity contribution in [3.63, 3.8) is 0 Å². The van der Waals surface area contributed by atoms with Crippen molar-refractivity contribution in [1.82, 2.24) is 24.9 Å². The summed E-state index contributed by atoms with van der Waals surface area (Å²) in [7, 11) is 0. The van der Waals surface area contributed by atoms with E-state index in [1.54, 1.807) is 6.33 Å². The molecule has 7 aromatic carbocycles. The number of aromatic nitrogens is 5. The van der Waals surface area contributed by atoms with Crippen LogP contribution in [0.3, 0.4) is 0 Å². The fourth-order valence-corrected chi connectivity index (χ4v) is 7.17. The molecule has 0 amide bonds. The van der Waals surface area contributed by atoms with E-state index in [1.807, 2.05) is 42.7 Å². The normalized spacial score (nSPS) is 11.3. The second kappa shape index (κ2) is 13.8. The summed E-state index contributed by atoms with van der Waals surface area (Å²) in [5, 5.41) is 2.09. The van der Waals surface area contributed by atoms with E-state index in [9.17, 15) is 0 Å². The van der Waals surface area contributed by atoms with Crippen LogP contribution in [0.25, 0.3) is 101 Å². The number of hydrogen-bond acceptors (Lipinski definition) is 6. The Morgan fingerprint density at radius 3 is 1.51 bits per heavy atom. The maximum absolute atomic E-state index is 6.53. The molecular formula is C49H31N5O. The lowest BCUT2D eigenvalue weighted by molar-refractivity contribution is 0.669. The third kappa shape index (κ3) is 6.22. The molecule has 0 unspecified atom stereocenters. The van der Waals surface area contributed by atoms with Crippen molar-refractivity contribution in [2.24, 2.45) is 0 Å². The van der Waals surface area contributed by atoms with Crippen LogP contribution in [0.4, 0.5) is 0 Å². The molecule has 0 saturated carbocycles. The largest absolute Gasteiger partial charge is 0.456 e. The smallest absolute Gasteiger partial charge is 0.164 e. The molecule has 0 N–H and O–H groups in total. The second-order valence-electron chi connectivity index (χ2n) is 13.4. The Morgan fingerprint density at radius 2 is 0.818 bits per heavy atom. The summed E-state index contributed by atoms with van der Waals surface area (Å²) in [4.78, 5) is 23.5. The molecule has 0 atom stereocenters. The Bertz CT molecular complexity index is 2940. The highest BCUT2D eigenvalue weighted by molar-refractivity contribution is 6.13. The average Bonchev–Trinajstić information content (AvgIpc) is 3.66. The van der Waals surface area contributed by atoms with Gasteiger partial charge in [-0.15, -0.1) is 0 Å². The Kier molecular flexibility index (Phi) is 8.04. The van der Waals surface area contributed by atoms with E-state index in [4.69, 9.17) is 19.4 Å². The fraction of sp³-hybridized carbons (Fsp3) is 0. The number of rotatable bonds is 7. The molecule has 0 aliphatic carbocycles. The van der Waals surface area contributed by atoms with Crippen LogP contribution in [0.2, 0.25) is 0 Å². The third-order valence-electron chi connectivity index (χ3n) is 9.96. The standard InChI is InChI=1S/C49H31N5O/c1-3-9-32(10-4-1)34-19-23-37(24-20-34)47-52-48(39-14-7-13-38(27-39)33-11-5-2-6-12-33)54-49(53-47)40-25-26-43-45(28-40)55-44-16-8-15-42(46(43)44)36-21-17-35(18-22-36)41-29-50-31-51-30-41/h1-31H. The van der Waals surface area contributed by atoms with Gasteiger partial charge in [-0.25, -0.2) is 24.9 Å². The Balaban J connectivity index is 1.07. The van der Waals surface area contributed by atoms with Crippen LogP contribution in [0.15, 0.2) is 193 Å². The van der Waals surface area contributed by atoms with E-state index >= 15 is 0 Å². The molecular weight excluding hydrogens is 675 g/mol. The molecule has 0 saturated heterocycles. The zero-order valence-corrected chi connectivity index (χ0v) is 29.5. The Morgan fingerprint density at radius 1 is 0.327 bits per heavy atom. The molecule has 258 valence electrons. The summed E-state index contributed by atoms with van der Waals surface area (Å²) in [6.07, 6.45) is 5.19. The Hall–Kier alpha value is -7.57. The predicted molar refractivity (Wildman–Crippen MR) is 221 cm³/mol. The molecule has 6 heteroatoms. The van der Waals surface area contributed by atoms with Crippen LogP contribution in [-0.4, -0.2) is 24.9 Å². The highest BCUT2D eigenvalue weighted by Crippen LogP contribution is 2.39. The molecule has 0 spiro atoms. The molecule has 0 bridgehead atoms. The summed E-state index contributed by atoms with van der Waals surface area (Å²) < 4.78 is 6.53. The monoisotopic (exact) mass is 705 g/mol. The molecule has 0 fully saturated rings. The zero-order valence-electron chi connectivity index (χ0n) is 29.5. The zero-order chi connectivity index (χ0) is 36.6. The SMILES string of the molecule is c1ccc(-c2ccc(-c3nc(-c4cccc(-c5ccccc5)c4)nc(-c4ccc5c(c4)oc4cccc(-c6ccc(-c7cncnc7)cc6)c45)n3)cc2)cc1. The predicted octanol–water partition coefficient (Wildman–Crippen LogP) is 12.2. The van der Waals surface area contributed by atoms with Crippen LogP contribution in [-0.2, 0) is 0 Å². The summed E-state index contributed by atoms with van der Waals surface area (Å²) >= 11 is 0. The van der Waals surface area contributed by atoms with E-state index in [0.29, 0.717) is 17.5 Å². The van der Waals surface area contributed by atoms with Gasteiger partial charge in [-0.05, 0) is 63.2 Å². The van der Waals surface area contributed by atoms with Crippen molar-refractivity contribution in [2.45, 2.75) is 0 Å². The Labute approximate surface area is 317 Å². The maximum Gasteiger partial charge on any atom is 0.164 e. The van der Waals surface area contributed by atoms with Crippen LogP contribution in [0.5, 0.6) is 0 Å². The van der Waals surface area contributed by atoms with Crippen LogP contribution >= 0.6 is 0 Å². The van der Waals surface area contributed by atoms with Gasteiger partial charge < -0.3 is 4.42 Å². The van der Waals surface area contributed by atoms with Crippen molar-refractivity contribution in [3.8, 4) is 78.7 Å². The molecule has 3 aromatic heterocycles. The van der Waals surface area contributed by atoms with Crippen molar-refractivity contribution in [3.05, 3.63) is 189 Å². The minimum absolute atomic E-state index is 0.570. The van der Waals surface area contributed by atoms with E-state index in [2.05, 4.69) is 149 Å². The summed E-state index contributed by atoms with van der Waals surface area (Å²) in [5.41, 5.74) is 13.0. The van der Waals surface area contributed by atoms with Gasteiger partial charge in [0, 0.05) is 45.4 Å². The maximum atomic E-state index is 6.53. The van der Waals surface area contributed by atoms with Gasteiger partial charge in [-0.2, -0.15) is 0 Å². The number of nitrogens with zero attached hydrogens (tertiary/aromatic N) is 5. The van der Waals surface area contributed by atoms with Gasteiger partial charge in [-0.3, -0.25) is 0 Å². The summed E-state index contributed by atoms with van der Waals surface area (Å²) in [6, 6.07) is 58.4. The molecule has 0 aliphatic rings. The van der Waals surface area contributed by atoms with E-state index in [-0.39, 0.29) is 0 Å². The van der Waals surface area contributed by atoms with Gasteiger partial charge in [0.25, 0.3) is 0 Å². The van der Waals surface area contributed by atoms with Gasteiger partial charge >= 0.3 is 0 Å². The summed E-state index contributed by atoms with van der Waals surface area (Å²) in [6.45, 7) is 0. The lowest BCUT2D eigenvalue weighted by Gasteiger charge is -2.10. The first-order chi connectivity index (χ1) is 27.2. The molecule has 55 heavy (non-hydrogen) atoms. The highest BCUT2D eigenvalue weighted by Gasteiger charge is 2.17. The lowest BCUT2D eigenvalue weighted by Crippen LogP contribution is -2.00. The van der Waals surface area contributed by atoms with Crippen LogP contribution < -0.4 is 0 Å². The quantitative estimate of drug-likeness (QED) is 0.164. The van der Waals surface area contributed by atoms with Gasteiger partial charge in [0.2, 0.25) is 0 Å². The van der Waals surface area contributed by atoms with Gasteiger partial charge in [-0.1, -0.05) is 146 Å². The van der Waals surface area contributed by atoms with Crippen LogP contribution in [0.1, 0.15) is 0 Å². The van der Waals surface area contributed by atoms with Gasteiger partial charge in [0.1, 0.15) is 17.5 Å². The third-order valence-corrected chi connectivity index (χ3v) is 9.96. The first-order valence-corrected chi connectivity index (χ1v) is 18.1.